The van der Waals surface area contributed by atoms with Crippen LogP contribution in [0.3, 0.4) is 0 Å². The third-order valence-corrected chi connectivity index (χ3v) is 6.45. The predicted molar refractivity (Wildman–Crippen MR) is 131 cm³/mol. The fourth-order valence-electron chi connectivity index (χ4n) is 4.43. The number of carbonyl (C=O) groups excluding carboxylic acids is 2. The number of amides is 2. The summed E-state index contributed by atoms with van der Waals surface area (Å²) in [7, 11) is 0. The lowest BCUT2D eigenvalue weighted by molar-refractivity contribution is -0.142. The molecule has 2 aromatic carbocycles. The monoisotopic (exact) mass is 466 g/mol. The van der Waals surface area contributed by atoms with Crippen molar-refractivity contribution in [1.29, 1.82) is 0 Å². The molecule has 0 spiro atoms. The van der Waals surface area contributed by atoms with Gasteiger partial charge in [0, 0.05) is 17.9 Å². The molecule has 2 aromatic rings. The fourth-order valence-corrected chi connectivity index (χ4v) is 4.43. The summed E-state index contributed by atoms with van der Waals surface area (Å²) < 4.78 is 5.58. The first kappa shape index (κ1) is 25.3. The van der Waals surface area contributed by atoms with Gasteiger partial charge in [0.15, 0.2) is 0 Å². The van der Waals surface area contributed by atoms with E-state index in [0.29, 0.717) is 19.3 Å². The second-order valence-corrected chi connectivity index (χ2v) is 9.01. The minimum Gasteiger partial charge on any atom is -0.480 e. The van der Waals surface area contributed by atoms with Crippen LogP contribution in [0.5, 0.6) is 0 Å². The van der Waals surface area contributed by atoms with Gasteiger partial charge in [-0.25, -0.2) is 9.59 Å². The van der Waals surface area contributed by atoms with Crippen LogP contribution in [-0.4, -0.2) is 41.8 Å². The summed E-state index contributed by atoms with van der Waals surface area (Å²) in [5.74, 6) is -1.56. The molecule has 0 aliphatic heterocycles. The molecule has 0 aromatic heterocycles. The van der Waals surface area contributed by atoms with Crippen LogP contribution >= 0.6 is 0 Å². The first-order valence-corrected chi connectivity index (χ1v) is 12.0. The number of fused-ring (bicyclic) bond motifs is 3. The van der Waals surface area contributed by atoms with Gasteiger partial charge in [-0.1, -0.05) is 68.8 Å². The maximum absolute atomic E-state index is 12.4. The highest BCUT2D eigenvalue weighted by Gasteiger charge is 2.29. The highest BCUT2D eigenvalue weighted by Crippen LogP contribution is 2.44. The van der Waals surface area contributed by atoms with Gasteiger partial charge in [-0.2, -0.15) is 0 Å². The molecule has 3 rings (SSSR count). The number of carboxylic acids is 1. The Labute approximate surface area is 200 Å². The Morgan fingerprint density at radius 3 is 2.09 bits per heavy atom. The number of aliphatic carboxylic acids is 1. The molecular weight excluding hydrogens is 432 g/mol. The van der Waals surface area contributed by atoms with Crippen LogP contribution in [0.15, 0.2) is 48.5 Å². The van der Waals surface area contributed by atoms with Crippen LogP contribution in [0.4, 0.5) is 4.79 Å². The van der Waals surface area contributed by atoms with Gasteiger partial charge >= 0.3 is 12.1 Å². The van der Waals surface area contributed by atoms with Crippen LogP contribution in [0.1, 0.15) is 63.5 Å². The summed E-state index contributed by atoms with van der Waals surface area (Å²) in [6.07, 6.45) is 1.92. The van der Waals surface area contributed by atoms with E-state index in [-0.39, 0.29) is 30.4 Å². The van der Waals surface area contributed by atoms with E-state index in [0.717, 1.165) is 6.42 Å². The Bertz CT molecular complexity index is 976. The lowest BCUT2D eigenvalue weighted by Gasteiger charge is -2.19. The maximum Gasteiger partial charge on any atom is 0.407 e. The molecule has 0 heterocycles. The number of hydrogen-bond acceptors (Lipinski definition) is 4. The molecule has 7 nitrogen and oxygen atoms in total. The molecule has 7 heteroatoms. The third kappa shape index (κ3) is 6.16. The Kier molecular flexibility index (Phi) is 8.68. The molecule has 0 saturated carbocycles. The topological polar surface area (TPSA) is 105 Å². The number of rotatable bonds is 11. The minimum atomic E-state index is -1.02. The van der Waals surface area contributed by atoms with Crippen molar-refractivity contribution in [2.75, 3.05) is 6.61 Å². The lowest BCUT2D eigenvalue weighted by Crippen LogP contribution is -2.42. The summed E-state index contributed by atoms with van der Waals surface area (Å²) in [5, 5.41) is 14.5. The smallest absolute Gasteiger partial charge is 0.407 e. The highest BCUT2D eigenvalue weighted by atomic mass is 16.5. The van der Waals surface area contributed by atoms with Crippen molar-refractivity contribution < 1.29 is 24.2 Å². The zero-order chi connectivity index (χ0) is 24.7. The van der Waals surface area contributed by atoms with Gasteiger partial charge in [-0.15, -0.1) is 0 Å². The van der Waals surface area contributed by atoms with Gasteiger partial charge in [0.1, 0.15) is 12.6 Å². The molecular formula is C27H34N2O5. The molecule has 3 unspecified atom stereocenters. The third-order valence-electron chi connectivity index (χ3n) is 6.45. The van der Waals surface area contributed by atoms with Gasteiger partial charge in [-0.05, 0) is 48.4 Å². The number of hydrogen-bond donors (Lipinski definition) is 3. The molecule has 0 saturated heterocycles. The SMILES string of the molecule is CCC(NC(=O)C(C)CCCC(C)NC(=O)OCC1c2ccccc2-c2ccccc21)C(=O)O. The van der Waals surface area contributed by atoms with Crippen molar-refractivity contribution in [3.63, 3.8) is 0 Å². The average Bonchev–Trinajstić information content (AvgIpc) is 3.14. The lowest BCUT2D eigenvalue weighted by atomic mass is 9.98. The Hall–Kier alpha value is -3.35. The molecule has 1 aliphatic rings. The molecule has 34 heavy (non-hydrogen) atoms. The zero-order valence-electron chi connectivity index (χ0n) is 20.0. The van der Waals surface area contributed by atoms with E-state index < -0.39 is 18.1 Å². The predicted octanol–water partition coefficient (Wildman–Crippen LogP) is 4.70. The number of alkyl carbamates (subject to hydrolysis) is 1. The average molecular weight is 467 g/mol. The second-order valence-electron chi connectivity index (χ2n) is 9.01. The molecule has 182 valence electrons. The zero-order valence-corrected chi connectivity index (χ0v) is 20.0. The van der Waals surface area contributed by atoms with E-state index >= 15 is 0 Å². The van der Waals surface area contributed by atoms with Crippen LogP contribution in [0, 0.1) is 5.92 Å². The van der Waals surface area contributed by atoms with E-state index in [4.69, 9.17) is 9.84 Å². The Morgan fingerprint density at radius 1 is 0.941 bits per heavy atom. The van der Waals surface area contributed by atoms with Crippen LogP contribution < -0.4 is 10.6 Å². The summed E-state index contributed by atoms with van der Waals surface area (Å²) in [5.41, 5.74) is 4.72. The van der Waals surface area contributed by atoms with Crippen LogP contribution in [0.25, 0.3) is 11.1 Å². The first-order chi connectivity index (χ1) is 16.3. The van der Waals surface area contributed by atoms with Gasteiger partial charge in [-0.3, -0.25) is 4.79 Å². The molecule has 3 N–H and O–H groups in total. The van der Waals surface area contributed by atoms with E-state index in [1.165, 1.54) is 22.3 Å². The summed E-state index contributed by atoms with van der Waals surface area (Å²) >= 11 is 0. The van der Waals surface area contributed by atoms with E-state index in [2.05, 4.69) is 34.9 Å². The van der Waals surface area contributed by atoms with E-state index in [9.17, 15) is 14.4 Å². The quantitative estimate of drug-likeness (QED) is 0.445. The largest absolute Gasteiger partial charge is 0.480 e. The Balaban J connectivity index is 1.42. The summed E-state index contributed by atoms with van der Waals surface area (Å²) in [4.78, 5) is 35.7. The van der Waals surface area contributed by atoms with Gasteiger partial charge in [0.05, 0.1) is 0 Å². The minimum absolute atomic E-state index is 0.0190. The number of nitrogens with one attached hydrogen (secondary N) is 2. The van der Waals surface area contributed by atoms with Crippen molar-refractivity contribution in [2.45, 2.75) is 64.5 Å². The number of benzene rings is 2. The number of carboxylic acid groups (broad SMARTS) is 1. The van der Waals surface area contributed by atoms with Crippen LogP contribution in [-0.2, 0) is 14.3 Å². The van der Waals surface area contributed by atoms with Crippen LogP contribution in [0.2, 0.25) is 0 Å². The fraction of sp³-hybridized carbons (Fsp3) is 0.444. The van der Waals surface area contributed by atoms with Gasteiger partial charge < -0.3 is 20.5 Å². The van der Waals surface area contributed by atoms with Crippen molar-refractivity contribution in [3.8, 4) is 11.1 Å². The molecule has 0 bridgehead atoms. The maximum atomic E-state index is 12.4. The number of ether oxygens (including phenoxy) is 1. The van der Waals surface area contributed by atoms with Gasteiger partial charge in [0.25, 0.3) is 0 Å². The van der Waals surface area contributed by atoms with Crippen molar-refractivity contribution in [2.24, 2.45) is 5.92 Å². The first-order valence-electron chi connectivity index (χ1n) is 12.0. The summed E-state index contributed by atoms with van der Waals surface area (Å²) in [6.45, 7) is 5.68. The standard InChI is InChI=1S/C27H34N2O5/c1-4-24(26(31)32)29-25(30)17(2)10-9-11-18(3)28-27(33)34-16-23-21-14-7-5-12-19(21)20-13-6-8-15-22(20)23/h5-8,12-15,17-18,23-24H,4,9-11,16H2,1-3H3,(H,28,33)(H,29,30)(H,31,32). The molecule has 0 fully saturated rings. The molecule has 2 amide bonds. The highest BCUT2D eigenvalue weighted by molar-refractivity contribution is 5.84. The normalized spacial score (nSPS) is 14.9. The Morgan fingerprint density at radius 2 is 1.53 bits per heavy atom. The molecule has 0 radical (unpaired) electrons. The van der Waals surface area contributed by atoms with E-state index in [1.54, 1.807) is 13.8 Å². The number of carbonyl (C=O) groups is 3. The van der Waals surface area contributed by atoms with Gasteiger partial charge in [0.2, 0.25) is 5.91 Å². The summed E-state index contributed by atoms with van der Waals surface area (Å²) in [6, 6.07) is 15.5. The van der Waals surface area contributed by atoms with Crippen molar-refractivity contribution >= 4 is 18.0 Å². The van der Waals surface area contributed by atoms with Crippen molar-refractivity contribution in [3.05, 3.63) is 59.7 Å². The van der Waals surface area contributed by atoms with E-state index in [1.807, 2.05) is 31.2 Å². The van der Waals surface area contributed by atoms with Crippen molar-refractivity contribution in [1.82, 2.24) is 10.6 Å². The molecule has 3 atom stereocenters. The molecule has 1 aliphatic carbocycles. The second kappa shape index (κ2) is 11.7.